The summed E-state index contributed by atoms with van der Waals surface area (Å²) in [6.07, 6.45) is 0. The van der Waals surface area contributed by atoms with E-state index in [9.17, 15) is 4.79 Å². The summed E-state index contributed by atoms with van der Waals surface area (Å²) in [5, 5.41) is 3.31. The van der Waals surface area contributed by atoms with Crippen LogP contribution in [0.5, 0.6) is 11.5 Å². The van der Waals surface area contributed by atoms with Gasteiger partial charge >= 0.3 is 0 Å². The number of aromatic nitrogens is 1. The minimum absolute atomic E-state index is 0.197. The highest BCUT2D eigenvalue weighted by Gasteiger charge is 2.18. The van der Waals surface area contributed by atoms with Crippen molar-refractivity contribution in [2.24, 2.45) is 0 Å². The molecule has 1 aromatic carbocycles. The van der Waals surface area contributed by atoms with E-state index < -0.39 is 0 Å². The molecule has 0 radical (unpaired) electrons. The Morgan fingerprint density at radius 3 is 2.68 bits per heavy atom. The summed E-state index contributed by atoms with van der Waals surface area (Å²) in [7, 11) is 3.17. The molecule has 118 valence electrons. The topological polar surface area (TPSA) is 69.7 Å². The van der Waals surface area contributed by atoms with Crippen LogP contribution in [0.4, 0.5) is 5.69 Å². The van der Waals surface area contributed by atoms with Gasteiger partial charge in [0.25, 0.3) is 6.47 Å². The zero-order chi connectivity index (χ0) is 15.9. The van der Waals surface area contributed by atoms with Crippen molar-refractivity contribution in [2.45, 2.75) is 13.0 Å². The molecule has 1 heterocycles. The Balaban J connectivity index is 2.23. The molecule has 0 aliphatic rings. The summed E-state index contributed by atoms with van der Waals surface area (Å²) >= 11 is 1.55. The van der Waals surface area contributed by atoms with Crippen LogP contribution in [0.15, 0.2) is 23.7 Å². The predicted molar refractivity (Wildman–Crippen MR) is 84.8 cm³/mol. The van der Waals surface area contributed by atoms with Gasteiger partial charge in [-0.2, -0.15) is 0 Å². The molecule has 1 aromatic heterocycles. The molecule has 1 N–H and O–H groups in total. The van der Waals surface area contributed by atoms with Gasteiger partial charge in [0, 0.05) is 16.6 Å². The monoisotopic (exact) mass is 322 g/mol. The molecule has 0 saturated carbocycles. The number of nitrogens with one attached hydrogen (secondary N) is 1. The maximum absolute atomic E-state index is 10.5. The maximum atomic E-state index is 10.5. The molecular weight excluding hydrogens is 304 g/mol. The molecular formula is C15H18N2O4S. The average molecular weight is 322 g/mol. The van der Waals surface area contributed by atoms with E-state index in [1.54, 1.807) is 31.1 Å². The number of thiazole rings is 1. The quantitative estimate of drug-likeness (QED) is 0.754. The fourth-order valence-electron chi connectivity index (χ4n) is 2.10. The van der Waals surface area contributed by atoms with Gasteiger partial charge in [-0.25, -0.2) is 4.98 Å². The molecule has 2 rings (SSSR count). The predicted octanol–water partition coefficient (Wildman–Crippen LogP) is 2.79. The van der Waals surface area contributed by atoms with Crippen LogP contribution in [0.25, 0.3) is 0 Å². The first-order valence-corrected chi connectivity index (χ1v) is 7.51. The van der Waals surface area contributed by atoms with E-state index in [0.717, 1.165) is 16.3 Å². The van der Waals surface area contributed by atoms with E-state index in [0.29, 0.717) is 18.0 Å². The van der Waals surface area contributed by atoms with Crippen molar-refractivity contribution in [3.8, 4) is 11.5 Å². The number of anilines is 1. The molecule has 6 nitrogen and oxygen atoms in total. The molecule has 1 unspecified atom stereocenters. The lowest BCUT2D eigenvalue weighted by atomic mass is 10.1. The highest BCUT2D eigenvalue weighted by molar-refractivity contribution is 7.09. The minimum Gasteiger partial charge on any atom is -0.493 e. The minimum atomic E-state index is -0.227. The second-order valence-electron chi connectivity index (χ2n) is 4.49. The van der Waals surface area contributed by atoms with Gasteiger partial charge in [-0.1, -0.05) is 0 Å². The molecule has 0 aliphatic heterocycles. The van der Waals surface area contributed by atoms with Crippen LogP contribution >= 0.6 is 11.3 Å². The number of hydrogen-bond acceptors (Lipinski definition) is 7. The SMILES string of the molecule is COc1ccc(NC(COC=O)c2ncsc2C)cc1OC. The normalized spacial score (nSPS) is 11.6. The largest absolute Gasteiger partial charge is 0.493 e. The number of aryl methyl sites for hydroxylation is 1. The van der Waals surface area contributed by atoms with Crippen LogP contribution in [0.1, 0.15) is 16.6 Å². The Morgan fingerprint density at radius 1 is 1.32 bits per heavy atom. The van der Waals surface area contributed by atoms with Gasteiger partial charge in [0.15, 0.2) is 11.5 Å². The van der Waals surface area contributed by atoms with Gasteiger partial charge in [0.05, 0.1) is 25.4 Å². The van der Waals surface area contributed by atoms with Crippen LogP contribution in [0.3, 0.4) is 0 Å². The number of hydrogen-bond donors (Lipinski definition) is 1. The summed E-state index contributed by atoms with van der Waals surface area (Å²) < 4.78 is 15.4. The standard InChI is InChI=1S/C15H18N2O4S/c1-10-15(16-8-22-10)12(7-21-9-18)17-11-4-5-13(19-2)14(6-11)20-3/h4-6,8-9,12,17H,7H2,1-3H3. The van der Waals surface area contributed by atoms with Crippen molar-refractivity contribution in [1.29, 1.82) is 0 Å². The molecule has 2 aromatic rings. The average Bonchev–Trinajstić information content (AvgIpc) is 2.97. The lowest BCUT2D eigenvalue weighted by Gasteiger charge is -2.19. The van der Waals surface area contributed by atoms with E-state index in [1.165, 1.54) is 0 Å². The molecule has 1 atom stereocenters. The van der Waals surface area contributed by atoms with Crippen LogP contribution in [-0.4, -0.2) is 32.3 Å². The molecule has 0 fully saturated rings. The summed E-state index contributed by atoms with van der Waals surface area (Å²) in [6, 6.07) is 5.28. The Morgan fingerprint density at radius 2 is 2.09 bits per heavy atom. The Bertz CT molecular complexity index is 630. The number of methoxy groups -OCH3 is 2. The van der Waals surface area contributed by atoms with Crippen LogP contribution < -0.4 is 14.8 Å². The molecule has 0 aliphatic carbocycles. The van der Waals surface area contributed by atoms with Gasteiger partial charge in [0.2, 0.25) is 0 Å². The first-order chi connectivity index (χ1) is 10.7. The van der Waals surface area contributed by atoms with Gasteiger partial charge in [-0.05, 0) is 19.1 Å². The number of ether oxygens (including phenoxy) is 3. The summed E-state index contributed by atoms with van der Waals surface area (Å²) in [5.74, 6) is 1.27. The Kier molecular flexibility index (Phi) is 5.60. The Labute approximate surface area is 133 Å². The zero-order valence-corrected chi connectivity index (χ0v) is 13.5. The van der Waals surface area contributed by atoms with Crippen molar-refractivity contribution in [1.82, 2.24) is 4.98 Å². The highest BCUT2D eigenvalue weighted by atomic mass is 32.1. The molecule has 0 bridgehead atoms. The highest BCUT2D eigenvalue weighted by Crippen LogP contribution is 2.32. The fraction of sp³-hybridized carbons (Fsp3) is 0.333. The van der Waals surface area contributed by atoms with Crippen molar-refractivity contribution >= 4 is 23.5 Å². The van der Waals surface area contributed by atoms with Gasteiger partial charge < -0.3 is 19.5 Å². The fourth-order valence-corrected chi connectivity index (χ4v) is 2.74. The molecule has 7 heteroatoms. The van der Waals surface area contributed by atoms with E-state index in [1.807, 2.05) is 25.1 Å². The Hall–Kier alpha value is -2.28. The van der Waals surface area contributed by atoms with E-state index in [4.69, 9.17) is 14.2 Å². The number of nitrogens with zero attached hydrogens (tertiary/aromatic N) is 1. The first kappa shape index (κ1) is 16.1. The van der Waals surface area contributed by atoms with Gasteiger partial charge in [0.1, 0.15) is 12.6 Å². The van der Waals surface area contributed by atoms with Crippen molar-refractivity contribution in [3.63, 3.8) is 0 Å². The maximum Gasteiger partial charge on any atom is 0.293 e. The number of benzene rings is 1. The van der Waals surface area contributed by atoms with Crippen molar-refractivity contribution in [3.05, 3.63) is 34.3 Å². The number of carbonyl (C=O) groups is 1. The summed E-state index contributed by atoms with van der Waals surface area (Å²) in [4.78, 5) is 15.9. The lowest BCUT2D eigenvalue weighted by molar-refractivity contribution is -0.129. The second kappa shape index (κ2) is 7.65. The molecule has 0 amide bonds. The zero-order valence-electron chi connectivity index (χ0n) is 12.7. The van der Waals surface area contributed by atoms with Crippen molar-refractivity contribution in [2.75, 3.05) is 26.1 Å². The summed E-state index contributed by atoms with van der Waals surface area (Å²) in [5.41, 5.74) is 3.46. The van der Waals surface area contributed by atoms with Crippen LogP contribution in [-0.2, 0) is 9.53 Å². The third-order valence-corrected chi connectivity index (χ3v) is 3.94. The number of carbonyl (C=O) groups excluding carboxylic acids is 1. The van der Waals surface area contributed by atoms with E-state index in [-0.39, 0.29) is 12.6 Å². The third-order valence-electron chi connectivity index (χ3n) is 3.17. The second-order valence-corrected chi connectivity index (χ2v) is 5.55. The number of rotatable bonds is 8. The third kappa shape index (κ3) is 3.67. The van der Waals surface area contributed by atoms with Gasteiger partial charge in [-0.3, -0.25) is 4.79 Å². The first-order valence-electron chi connectivity index (χ1n) is 6.63. The lowest BCUT2D eigenvalue weighted by Crippen LogP contribution is -2.18. The van der Waals surface area contributed by atoms with Crippen molar-refractivity contribution < 1.29 is 19.0 Å². The summed E-state index contributed by atoms with van der Waals surface area (Å²) in [6.45, 7) is 2.62. The van der Waals surface area contributed by atoms with Gasteiger partial charge in [-0.15, -0.1) is 11.3 Å². The van der Waals surface area contributed by atoms with Crippen LogP contribution in [0, 0.1) is 6.92 Å². The smallest absolute Gasteiger partial charge is 0.293 e. The molecule has 0 spiro atoms. The molecule has 22 heavy (non-hydrogen) atoms. The van der Waals surface area contributed by atoms with Crippen LogP contribution in [0.2, 0.25) is 0 Å². The molecule has 0 saturated heterocycles. The van der Waals surface area contributed by atoms with E-state index >= 15 is 0 Å². The van der Waals surface area contributed by atoms with E-state index in [2.05, 4.69) is 10.3 Å².